The van der Waals surface area contributed by atoms with Gasteiger partial charge in [0.25, 0.3) is 0 Å². The molecular formula is C30H40N8O6. The van der Waals surface area contributed by atoms with Crippen molar-refractivity contribution in [3.05, 3.63) is 59.7 Å². The summed E-state index contributed by atoms with van der Waals surface area (Å²) in [5.41, 5.74) is 2.77. The van der Waals surface area contributed by atoms with E-state index in [2.05, 4.69) is 10.6 Å². The van der Waals surface area contributed by atoms with Crippen LogP contribution in [0.1, 0.15) is 11.1 Å². The highest BCUT2D eigenvalue weighted by molar-refractivity contribution is 5.94. The van der Waals surface area contributed by atoms with Crippen molar-refractivity contribution >= 4 is 34.6 Å². The molecule has 6 N–H and O–H groups in total. The van der Waals surface area contributed by atoms with E-state index in [0.29, 0.717) is 35.8 Å². The molecule has 2 aromatic heterocycles. The van der Waals surface area contributed by atoms with Crippen LogP contribution >= 0.6 is 0 Å². The van der Waals surface area contributed by atoms with Crippen molar-refractivity contribution in [1.82, 2.24) is 19.9 Å². The van der Waals surface area contributed by atoms with Crippen LogP contribution in [-0.2, 0) is 13.1 Å². The number of benzene rings is 2. The van der Waals surface area contributed by atoms with Gasteiger partial charge in [-0.25, -0.2) is 9.97 Å². The lowest BCUT2D eigenvalue weighted by molar-refractivity contribution is 0.279. The second-order valence-corrected chi connectivity index (χ2v) is 9.71. The third-order valence-corrected chi connectivity index (χ3v) is 6.80. The van der Waals surface area contributed by atoms with Crippen LogP contribution < -0.4 is 29.9 Å². The number of rotatable bonds is 18. The Bertz CT molecular complexity index is 1340. The molecule has 0 aliphatic heterocycles. The fraction of sp³-hybridized carbons (Fsp3) is 0.400. The number of hydrogen-bond donors (Lipinski definition) is 6. The van der Waals surface area contributed by atoms with Gasteiger partial charge in [0.1, 0.15) is 22.5 Å². The zero-order valence-corrected chi connectivity index (χ0v) is 25.0. The summed E-state index contributed by atoms with van der Waals surface area (Å²) in [5, 5.41) is 45.6. The first-order chi connectivity index (χ1) is 21.5. The van der Waals surface area contributed by atoms with Gasteiger partial charge in [0, 0.05) is 39.3 Å². The van der Waals surface area contributed by atoms with Crippen molar-refractivity contribution < 1.29 is 29.9 Å². The van der Waals surface area contributed by atoms with Gasteiger partial charge in [-0.1, -0.05) is 24.3 Å². The van der Waals surface area contributed by atoms with E-state index >= 15 is 0 Å². The van der Waals surface area contributed by atoms with E-state index in [1.165, 1.54) is 0 Å². The highest BCUT2D eigenvalue weighted by atomic mass is 16.5. The Morgan fingerprint density at radius 3 is 1.18 bits per heavy atom. The van der Waals surface area contributed by atoms with E-state index < -0.39 is 0 Å². The van der Waals surface area contributed by atoms with Gasteiger partial charge >= 0.3 is 0 Å². The number of aromatic nitrogens is 4. The van der Waals surface area contributed by atoms with Gasteiger partial charge in [0.2, 0.25) is 11.9 Å². The largest absolute Gasteiger partial charge is 0.497 e. The Balaban J connectivity index is 1.83. The van der Waals surface area contributed by atoms with Crippen LogP contribution in [0, 0.1) is 0 Å². The topological polar surface area (TPSA) is 181 Å². The number of anilines is 4. The van der Waals surface area contributed by atoms with Crippen molar-refractivity contribution in [1.29, 1.82) is 0 Å². The summed E-state index contributed by atoms with van der Waals surface area (Å²) in [6.45, 7) is 0.988. The Morgan fingerprint density at radius 1 is 0.545 bits per heavy atom. The Labute approximate surface area is 256 Å². The second-order valence-electron chi connectivity index (χ2n) is 9.71. The SMILES string of the molecule is COc1ccc(CNc2nc(N(CCO)CCO)nc3c(NCc4ccc(OC)cc4)nc(N(CCO)CCO)nc23)cc1. The summed E-state index contributed by atoms with van der Waals surface area (Å²) in [6, 6.07) is 15.2. The summed E-state index contributed by atoms with van der Waals surface area (Å²) < 4.78 is 10.5. The lowest BCUT2D eigenvalue weighted by Gasteiger charge is -2.24. The third kappa shape index (κ3) is 8.32. The Morgan fingerprint density at radius 2 is 0.886 bits per heavy atom. The monoisotopic (exact) mass is 608 g/mol. The van der Waals surface area contributed by atoms with E-state index in [4.69, 9.17) is 29.4 Å². The van der Waals surface area contributed by atoms with E-state index in [1.54, 1.807) is 24.0 Å². The highest BCUT2D eigenvalue weighted by Gasteiger charge is 2.21. The molecule has 0 unspecified atom stereocenters. The smallest absolute Gasteiger partial charge is 0.228 e. The molecule has 0 radical (unpaired) electrons. The second kappa shape index (κ2) is 16.4. The number of ether oxygens (including phenoxy) is 2. The molecule has 0 bridgehead atoms. The molecule has 4 rings (SSSR count). The molecule has 0 saturated carbocycles. The Hall–Kier alpha value is -4.50. The van der Waals surface area contributed by atoms with Crippen LogP contribution in [0.25, 0.3) is 11.0 Å². The number of nitrogens with one attached hydrogen (secondary N) is 2. The number of hydrogen-bond acceptors (Lipinski definition) is 14. The number of aliphatic hydroxyl groups is 4. The first kappa shape index (κ1) is 32.4. The minimum Gasteiger partial charge on any atom is -0.497 e. The molecule has 2 heterocycles. The maximum atomic E-state index is 9.71. The summed E-state index contributed by atoms with van der Waals surface area (Å²) in [6.07, 6.45) is 0. The summed E-state index contributed by atoms with van der Waals surface area (Å²) >= 11 is 0. The van der Waals surface area contributed by atoms with Crippen LogP contribution in [0.3, 0.4) is 0 Å². The molecule has 0 aliphatic carbocycles. The summed E-state index contributed by atoms with van der Waals surface area (Å²) in [4.78, 5) is 22.5. The number of fused-ring (bicyclic) bond motifs is 1. The predicted octanol–water partition coefficient (Wildman–Crippen LogP) is 1.24. The molecule has 14 heteroatoms. The van der Waals surface area contributed by atoms with Gasteiger partial charge < -0.3 is 50.3 Å². The number of aliphatic hydroxyl groups excluding tert-OH is 4. The van der Waals surface area contributed by atoms with Crippen LogP contribution in [0.4, 0.5) is 23.5 Å². The van der Waals surface area contributed by atoms with Crippen LogP contribution in [0.5, 0.6) is 11.5 Å². The van der Waals surface area contributed by atoms with Crippen molar-refractivity contribution in [3.8, 4) is 11.5 Å². The Kier molecular flexibility index (Phi) is 12.1. The zero-order valence-electron chi connectivity index (χ0n) is 25.0. The molecule has 44 heavy (non-hydrogen) atoms. The van der Waals surface area contributed by atoms with Crippen molar-refractivity contribution in [2.45, 2.75) is 13.1 Å². The highest BCUT2D eigenvalue weighted by Crippen LogP contribution is 2.30. The van der Waals surface area contributed by atoms with Crippen molar-refractivity contribution in [2.75, 3.05) is 87.3 Å². The molecular weight excluding hydrogens is 568 g/mol. The van der Waals surface area contributed by atoms with Crippen molar-refractivity contribution in [2.24, 2.45) is 0 Å². The molecule has 236 valence electrons. The first-order valence-electron chi connectivity index (χ1n) is 14.3. The molecule has 0 saturated heterocycles. The molecule has 0 aliphatic rings. The van der Waals surface area contributed by atoms with Gasteiger partial charge in [0.05, 0.1) is 40.6 Å². The molecule has 0 amide bonds. The van der Waals surface area contributed by atoms with E-state index in [0.717, 1.165) is 22.6 Å². The average molecular weight is 609 g/mol. The van der Waals surface area contributed by atoms with Crippen molar-refractivity contribution in [3.63, 3.8) is 0 Å². The normalized spacial score (nSPS) is 11.0. The predicted molar refractivity (Wildman–Crippen MR) is 169 cm³/mol. The molecule has 0 fully saturated rings. The zero-order chi connectivity index (χ0) is 31.3. The lowest BCUT2D eigenvalue weighted by atomic mass is 10.2. The molecule has 14 nitrogen and oxygen atoms in total. The van der Waals surface area contributed by atoms with Crippen LogP contribution in [-0.4, -0.2) is 107 Å². The molecule has 0 spiro atoms. The third-order valence-electron chi connectivity index (χ3n) is 6.80. The van der Waals surface area contributed by atoms with Gasteiger partial charge in [-0.15, -0.1) is 0 Å². The fourth-order valence-electron chi connectivity index (χ4n) is 4.49. The minimum atomic E-state index is -0.161. The molecule has 0 atom stereocenters. The average Bonchev–Trinajstić information content (AvgIpc) is 3.06. The van der Waals surface area contributed by atoms with Gasteiger partial charge in [-0.05, 0) is 35.4 Å². The van der Waals surface area contributed by atoms with Gasteiger partial charge in [0.15, 0.2) is 11.6 Å². The van der Waals surface area contributed by atoms with E-state index in [1.807, 2.05) is 48.5 Å². The molecule has 4 aromatic rings. The standard InChI is InChI=1S/C30H40N8O6/c1-43-23-7-3-21(4-8-23)19-31-27-25-26(34-29(35-27)37(11-15-39)12-16-40)28(32-20-22-5-9-24(44-2)10-6-22)36-30(33-25)38(13-17-41)14-18-42/h3-10,39-42H,11-20H2,1-2H3,(H,31,34,35)(H,32,33,36). The fourth-order valence-corrected chi connectivity index (χ4v) is 4.49. The lowest BCUT2D eigenvalue weighted by Crippen LogP contribution is -2.32. The number of methoxy groups -OCH3 is 2. The van der Waals surface area contributed by atoms with E-state index in [-0.39, 0.29) is 64.5 Å². The van der Waals surface area contributed by atoms with Crippen LogP contribution in [0.15, 0.2) is 48.5 Å². The molecule has 2 aromatic carbocycles. The van der Waals surface area contributed by atoms with Crippen LogP contribution in [0.2, 0.25) is 0 Å². The first-order valence-corrected chi connectivity index (χ1v) is 14.3. The maximum Gasteiger partial charge on any atom is 0.228 e. The summed E-state index contributed by atoms with van der Waals surface area (Å²) in [5.74, 6) is 2.86. The number of nitrogens with zero attached hydrogens (tertiary/aromatic N) is 6. The van der Waals surface area contributed by atoms with E-state index in [9.17, 15) is 20.4 Å². The quantitative estimate of drug-likeness (QED) is 0.0949. The maximum absolute atomic E-state index is 9.71. The summed E-state index contributed by atoms with van der Waals surface area (Å²) in [7, 11) is 3.22. The minimum absolute atomic E-state index is 0.161. The van der Waals surface area contributed by atoms with Gasteiger partial charge in [-0.3, -0.25) is 0 Å². The van der Waals surface area contributed by atoms with Gasteiger partial charge in [-0.2, -0.15) is 9.97 Å².